The van der Waals surface area contributed by atoms with Crippen molar-refractivity contribution in [3.05, 3.63) is 63.8 Å². The van der Waals surface area contributed by atoms with Crippen LogP contribution in [0.3, 0.4) is 0 Å². The van der Waals surface area contributed by atoms with E-state index < -0.39 is 10.9 Å². The van der Waals surface area contributed by atoms with E-state index >= 15 is 0 Å². The number of carbonyl (C=O) groups is 2. The molecule has 1 N–H and O–H groups in total. The van der Waals surface area contributed by atoms with E-state index in [9.17, 15) is 19.7 Å². The third-order valence-corrected chi connectivity index (χ3v) is 4.65. The summed E-state index contributed by atoms with van der Waals surface area (Å²) in [6, 6.07) is 8.92. The Bertz CT molecular complexity index is 876. The molecule has 1 aliphatic heterocycles. The van der Waals surface area contributed by atoms with Gasteiger partial charge in [0, 0.05) is 25.4 Å². The van der Waals surface area contributed by atoms with Crippen LogP contribution in [-0.2, 0) is 4.74 Å². The van der Waals surface area contributed by atoms with Crippen molar-refractivity contribution in [2.24, 2.45) is 0 Å². The molecule has 2 heterocycles. The number of amides is 1. The summed E-state index contributed by atoms with van der Waals surface area (Å²) in [4.78, 5) is 40.2. The van der Waals surface area contributed by atoms with Crippen molar-refractivity contribution in [1.82, 2.24) is 14.8 Å². The molecule has 0 radical (unpaired) electrons. The molecular formula is C18H19N4O5+. The summed E-state index contributed by atoms with van der Waals surface area (Å²) in [5, 5.41) is 14.7. The van der Waals surface area contributed by atoms with Gasteiger partial charge in [0.25, 0.3) is 0 Å². The minimum Gasteiger partial charge on any atom is -0.465 e. The SMILES string of the molecule is COC(=O)c1ccc(C(=O)[N+]2(c3ncccc3[N+](=O)[O-])CCNCC2)cc1. The summed E-state index contributed by atoms with van der Waals surface area (Å²) < 4.78 is 4.41. The summed E-state index contributed by atoms with van der Waals surface area (Å²) in [6.45, 7) is 1.74. The van der Waals surface area contributed by atoms with Crippen LogP contribution >= 0.6 is 0 Å². The Morgan fingerprint density at radius 3 is 2.37 bits per heavy atom. The van der Waals surface area contributed by atoms with E-state index in [1.165, 1.54) is 49.7 Å². The summed E-state index contributed by atoms with van der Waals surface area (Å²) in [5.74, 6) is -0.666. The van der Waals surface area contributed by atoms with Gasteiger partial charge in [0.05, 0.1) is 23.2 Å². The molecule has 1 aromatic carbocycles. The number of hydrogen-bond donors (Lipinski definition) is 1. The van der Waals surface area contributed by atoms with Crippen LogP contribution in [0.5, 0.6) is 0 Å². The number of pyridine rings is 1. The Balaban J connectivity index is 2.06. The van der Waals surface area contributed by atoms with E-state index in [2.05, 4.69) is 15.0 Å². The Labute approximate surface area is 155 Å². The van der Waals surface area contributed by atoms with E-state index in [0.29, 0.717) is 37.3 Å². The van der Waals surface area contributed by atoms with E-state index in [4.69, 9.17) is 0 Å². The molecule has 0 aliphatic carbocycles. The maximum atomic E-state index is 13.4. The Morgan fingerprint density at radius 2 is 1.78 bits per heavy atom. The largest absolute Gasteiger partial charge is 0.465 e. The lowest BCUT2D eigenvalue weighted by Crippen LogP contribution is -2.63. The van der Waals surface area contributed by atoms with Crippen LogP contribution in [-0.4, -0.2) is 55.1 Å². The third-order valence-electron chi connectivity index (χ3n) is 4.65. The molecule has 0 saturated carbocycles. The summed E-state index contributed by atoms with van der Waals surface area (Å²) in [7, 11) is 1.28. The molecule has 2 aromatic rings. The predicted molar refractivity (Wildman–Crippen MR) is 97.4 cm³/mol. The molecule has 9 heteroatoms. The van der Waals surface area contributed by atoms with Crippen molar-refractivity contribution in [3.8, 4) is 0 Å². The van der Waals surface area contributed by atoms with Gasteiger partial charge in [0.15, 0.2) is 0 Å². The van der Waals surface area contributed by atoms with Crippen LogP contribution in [0.1, 0.15) is 20.7 Å². The molecule has 140 valence electrons. The number of rotatable bonds is 4. The quantitative estimate of drug-likeness (QED) is 0.375. The van der Waals surface area contributed by atoms with Gasteiger partial charge in [0.2, 0.25) is 0 Å². The number of benzene rings is 1. The third kappa shape index (κ3) is 3.42. The van der Waals surface area contributed by atoms with Crippen molar-refractivity contribution in [2.45, 2.75) is 0 Å². The first kappa shape index (κ1) is 18.6. The molecule has 1 aliphatic rings. The summed E-state index contributed by atoms with van der Waals surface area (Å²) in [5.41, 5.74) is 0.494. The fourth-order valence-electron chi connectivity index (χ4n) is 3.26. The van der Waals surface area contributed by atoms with Gasteiger partial charge in [-0.25, -0.2) is 9.59 Å². The number of nitro groups is 1. The highest BCUT2D eigenvalue weighted by molar-refractivity contribution is 6.03. The number of quaternary nitrogens is 1. The van der Waals surface area contributed by atoms with Crippen molar-refractivity contribution in [3.63, 3.8) is 0 Å². The summed E-state index contributed by atoms with van der Waals surface area (Å²) in [6.07, 6.45) is 1.46. The number of esters is 1. The molecule has 0 spiro atoms. The second-order valence-corrected chi connectivity index (χ2v) is 6.14. The van der Waals surface area contributed by atoms with E-state index in [0.717, 1.165) is 0 Å². The monoisotopic (exact) mass is 371 g/mol. The second kappa shape index (κ2) is 7.60. The molecule has 0 bridgehead atoms. The standard InChI is InChI=1S/C18H19N4O5/c1-27-18(24)14-6-4-13(5-7-14)17(23)22(11-9-19-10-12-22)16-15(21(25)26)3-2-8-20-16/h2-8,19H,9-12H2,1H3/q+1. The fourth-order valence-corrected chi connectivity index (χ4v) is 3.26. The Morgan fingerprint density at radius 1 is 1.15 bits per heavy atom. The normalized spacial score (nSPS) is 15.7. The zero-order valence-electron chi connectivity index (χ0n) is 14.8. The minimum atomic E-state index is -0.516. The lowest BCUT2D eigenvalue weighted by atomic mass is 10.1. The van der Waals surface area contributed by atoms with Gasteiger partial charge in [0.1, 0.15) is 13.1 Å². The van der Waals surface area contributed by atoms with Gasteiger partial charge in [-0.1, -0.05) is 0 Å². The molecule has 1 fully saturated rings. The van der Waals surface area contributed by atoms with Crippen molar-refractivity contribution in [1.29, 1.82) is 0 Å². The maximum Gasteiger partial charge on any atom is 0.352 e. The van der Waals surface area contributed by atoms with Crippen LogP contribution in [0.25, 0.3) is 0 Å². The number of methoxy groups -OCH3 is 1. The van der Waals surface area contributed by atoms with Gasteiger partial charge >= 0.3 is 23.4 Å². The number of hydrogen-bond acceptors (Lipinski definition) is 7. The highest BCUT2D eigenvalue weighted by atomic mass is 16.6. The number of nitrogens with zero attached hydrogens (tertiary/aromatic N) is 3. The van der Waals surface area contributed by atoms with Gasteiger partial charge in [-0.2, -0.15) is 9.47 Å². The first-order valence-electron chi connectivity index (χ1n) is 8.40. The first-order valence-corrected chi connectivity index (χ1v) is 8.40. The zero-order valence-corrected chi connectivity index (χ0v) is 14.8. The lowest BCUT2D eigenvalue weighted by Gasteiger charge is -2.36. The molecule has 1 saturated heterocycles. The van der Waals surface area contributed by atoms with Crippen molar-refractivity contribution < 1.29 is 19.2 Å². The van der Waals surface area contributed by atoms with Crippen molar-refractivity contribution >= 4 is 23.4 Å². The number of piperazine rings is 1. The lowest BCUT2D eigenvalue weighted by molar-refractivity contribution is -0.385. The molecule has 27 heavy (non-hydrogen) atoms. The van der Waals surface area contributed by atoms with Gasteiger partial charge in [-0.05, 0) is 30.3 Å². The minimum absolute atomic E-state index is 0.131. The second-order valence-electron chi connectivity index (χ2n) is 6.14. The maximum absolute atomic E-state index is 13.4. The summed E-state index contributed by atoms with van der Waals surface area (Å²) >= 11 is 0. The Kier molecular flexibility index (Phi) is 5.24. The van der Waals surface area contributed by atoms with Crippen LogP contribution in [0.15, 0.2) is 42.6 Å². The highest BCUT2D eigenvalue weighted by Crippen LogP contribution is 2.33. The molecule has 0 unspecified atom stereocenters. The smallest absolute Gasteiger partial charge is 0.352 e. The number of nitrogens with one attached hydrogen (secondary N) is 1. The molecule has 3 rings (SSSR count). The predicted octanol–water partition coefficient (Wildman–Crippen LogP) is 1.53. The zero-order chi connectivity index (χ0) is 19.4. The van der Waals surface area contributed by atoms with Gasteiger partial charge in [-0.3, -0.25) is 10.1 Å². The molecular weight excluding hydrogens is 352 g/mol. The van der Waals surface area contributed by atoms with Crippen LogP contribution < -0.4 is 9.80 Å². The van der Waals surface area contributed by atoms with Gasteiger partial charge < -0.3 is 10.1 Å². The number of ether oxygens (including phenoxy) is 1. The van der Waals surface area contributed by atoms with E-state index in [-0.39, 0.29) is 21.9 Å². The fraction of sp³-hybridized carbons (Fsp3) is 0.278. The van der Waals surface area contributed by atoms with E-state index in [1.54, 1.807) is 0 Å². The molecule has 1 aromatic heterocycles. The average Bonchev–Trinajstić information content (AvgIpc) is 2.73. The van der Waals surface area contributed by atoms with Gasteiger partial charge in [-0.15, -0.1) is 0 Å². The number of aromatic nitrogens is 1. The van der Waals surface area contributed by atoms with E-state index in [1.807, 2.05) is 0 Å². The average molecular weight is 371 g/mol. The van der Waals surface area contributed by atoms with Crippen LogP contribution in [0, 0.1) is 10.1 Å². The van der Waals surface area contributed by atoms with Crippen LogP contribution in [0.4, 0.5) is 11.5 Å². The number of carbonyl (C=O) groups excluding carboxylic acids is 2. The highest BCUT2D eigenvalue weighted by Gasteiger charge is 2.47. The van der Waals surface area contributed by atoms with Crippen molar-refractivity contribution in [2.75, 3.05) is 33.3 Å². The molecule has 9 nitrogen and oxygen atoms in total. The van der Waals surface area contributed by atoms with Crippen LogP contribution in [0.2, 0.25) is 0 Å². The Hall–Kier alpha value is -3.17. The first-order chi connectivity index (χ1) is 13.0. The molecule has 1 amide bonds. The topological polar surface area (TPSA) is 111 Å². The molecule has 0 atom stereocenters.